The molecule has 3 aromatic carbocycles. The van der Waals surface area contributed by atoms with Gasteiger partial charge in [-0.3, -0.25) is 4.79 Å². The van der Waals surface area contributed by atoms with Crippen LogP contribution in [-0.4, -0.2) is 16.9 Å². The van der Waals surface area contributed by atoms with E-state index >= 15 is 0 Å². The molecule has 0 radical (unpaired) electrons. The van der Waals surface area contributed by atoms with Crippen molar-refractivity contribution < 1.29 is 14.7 Å². The Bertz CT molecular complexity index is 876. The quantitative estimate of drug-likeness (QED) is 0.497. The van der Waals surface area contributed by atoms with E-state index in [-0.39, 0.29) is 11.3 Å². The first-order valence-corrected chi connectivity index (χ1v) is 8.68. The first kappa shape index (κ1) is 17.0. The number of hydrogen-bond acceptors (Lipinski definition) is 3. The summed E-state index contributed by atoms with van der Waals surface area (Å²) in [5, 5.41) is 8.90. The van der Waals surface area contributed by atoms with E-state index in [9.17, 15) is 14.7 Å². The number of thioether (sulfide) groups is 1. The maximum Gasteiger partial charge on any atom is 0.336 e. The van der Waals surface area contributed by atoms with Crippen molar-refractivity contribution in [2.75, 3.05) is 0 Å². The molecular weight excluding hydrogens is 332 g/mol. The van der Waals surface area contributed by atoms with E-state index in [0.29, 0.717) is 10.5 Å². The first-order chi connectivity index (χ1) is 12.2. The highest BCUT2D eigenvalue weighted by molar-refractivity contribution is 8.00. The maximum atomic E-state index is 13.1. The van der Waals surface area contributed by atoms with Gasteiger partial charge in [-0.15, -0.1) is 11.8 Å². The Morgan fingerprint density at radius 3 is 1.96 bits per heavy atom. The second-order valence-electron chi connectivity index (χ2n) is 5.44. The summed E-state index contributed by atoms with van der Waals surface area (Å²) in [7, 11) is 0. The van der Waals surface area contributed by atoms with Crippen LogP contribution in [0, 0.1) is 0 Å². The lowest BCUT2D eigenvalue weighted by Gasteiger charge is -2.17. The van der Waals surface area contributed by atoms with Crippen LogP contribution in [0.1, 0.15) is 31.5 Å². The number of carbonyl (C=O) groups is 2. The molecule has 0 aliphatic carbocycles. The lowest BCUT2D eigenvalue weighted by Crippen LogP contribution is -2.11. The fourth-order valence-electron chi connectivity index (χ4n) is 2.53. The van der Waals surface area contributed by atoms with Crippen molar-refractivity contribution >= 4 is 23.5 Å². The van der Waals surface area contributed by atoms with Crippen LogP contribution in [0.2, 0.25) is 0 Å². The molecule has 0 spiro atoms. The second kappa shape index (κ2) is 7.81. The maximum absolute atomic E-state index is 13.1. The molecule has 0 amide bonds. The van der Waals surface area contributed by atoms with Crippen LogP contribution in [0.4, 0.5) is 0 Å². The van der Waals surface area contributed by atoms with Crippen molar-refractivity contribution in [2.24, 2.45) is 0 Å². The van der Waals surface area contributed by atoms with Gasteiger partial charge in [0, 0.05) is 10.5 Å². The molecule has 1 N–H and O–H groups in total. The van der Waals surface area contributed by atoms with Gasteiger partial charge >= 0.3 is 5.97 Å². The van der Waals surface area contributed by atoms with Crippen LogP contribution in [-0.2, 0) is 0 Å². The molecule has 124 valence electrons. The summed E-state index contributed by atoms with van der Waals surface area (Å²) in [6.07, 6.45) is 0. The summed E-state index contributed by atoms with van der Waals surface area (Å²) < 4.78 is 0. The number of carboxylic acids is 1. The van der Waals surface area contributed by atoms with E-state index in [2.05, 4.69) is 0 Å². The van der Waals surface area contributed by atoms with Crippen LogP contribution in [0.3, 0.4) is 0 Å². The molecule has 0 heterocycles. The molecule has 0 aliphatic heterocycles. The van der Waals surface area contributed by atoms with Gasteiger partial charge in [-0.1, -0.05) is 72.8 Å². The van der Waals surface area contributed by atoms with E-state index in [4.69, 9.17) is 0 Å². The van der Waals surface area contributed by atoms with Gasteiger partial charge in [-0.2, -0.15) is 0 Å². The second-order valence-corrected chi connectivity index (χ2v) is 6.59. The molecule has 3 aromatic rings. The molecule has 1 atom stereocenters. The number of rotatable bonds is 6. The number of Topliss-reactive ketones (excluding diaryl/α,β-unsaturated/α-hetero) is 1. The molecule has 25 heavy (non-hydrogen) atoms. The SMILES string of the molecule is O=C(O)c1ccccc1SC(C(=O)c1ccccc1)c1ccccc1. The Morgan fingerprint density at radius 2 is 1.32 bits per heavy atom. The zero-order chi connectivity index (χ0) is 17.6. The van der Waals surface area contributed by atoms with Gasteiger partial charge < -0.3 is 5.11 Å². The molecule has 1 unspecified atom stereocenters. The summed E-state index contributed by atoms with van der Waals surface area (Å²) >= 11 is 1.27. The van der Waals surface area contributed by atoms with E-state index in [1.807, 2.05) is 48.5 Å². The standard InChI is InChI=1S/C21H16O3S/c22-19(15-9-3-1-4-10-15)20(16-11-5-2-6-12-16)25-18-14-8-7-13-17(18)21(23)24/h1-14,20H,(H,23,24). The Kier molecular flexibility index (Phi) is 5.31. The van der Waals surface area contributed by atoms with Gasteiger partial charge in [0.05, 0.1) is 10.8 Å². The summed E-state index contributed by atoms with van der Waals surface area (Å²) in [6, 6.07) is 25.3. The van der Waals surface area contributed by atoms with Crippen LogP contribution >= 0.6 is 11.8 Å². The number of hydrogen-bond donors (Lipinski definition) is 1. The number of ketones is 1. The molecule has 0 saturated carbocycles. The third-order valence-electron chi connectivity index (χ3n) is 3.76. The van der Waals surface area contributed by atoms with Crippen molar-refractivity contribution in [2.45, 2.75) is 10.1 Å². The van der Waals surface area contributed by atoms with Gasteiger partial charge in [0.15, 0.2) is 5.78 Å². The molecule has 0 fully saturated rings. The summed E-state index contributed by atoms with van der Waals surface area (Å²) in [5.41, 5.74) is 1.66. The molecule has 0 saturated heterocycles. The smallest absolute Gasteiger partial charge is 0.336 e. The lowest BCUT2D eigenvalue weighted by molar-refractivity contribution is 0.0692. The number of benzene rings is 3. The molecule has 3 rings (SSSR count). The van der Waals surface area contributed by atoms with E-state index in [1.54, 1.807) is 36.4 Å². The van der Waals surface area contributed by atoms with Crippen molar-refractivity contribution in [1.82, 2.24) is 0 Å². The predicted molar refractivity (Wildman–Crippen MR) is 99.2 cm³/mol. The molecule has 0 bridgehead atoms. The number of carbonyl (C=O) groups excluding carboxylic acids is 1. The monoisotopic (exact) mass is 348 g/mol. The Labute approximate surface area is 150 Å². The highest BCUT2D eigenvalue weighted by Gasteiger charge is 2.25. The summed E-state index contributed by atoms with van der Waals surface area (Å²) in [6.45, 7) is 0. The molecule has 3 nitrogen and oxygen atoms in total. The topological polar surface area (TPSA) is 54.4 Å². The van der Waals surface area contributed by atoms with E-state index < -0.39 is 11.2 Å². The third-order valence-corrected chi connectivity index (χ3v) is 5.09. The van der Waals surface area contributed by atoms with Crippen LogP contribution in [0.15, 0.2) is 89.8 Å². The Morgan fingerprint density at radius 1 is 0.760 bits per heavy atom. The van der Waals surface area contributed by atoms with E-state index in [1.165, 1.54) is 11.8 Å². The minimum absolute atomic E-state index is 0.0445. The van der Waals surface area contributed by atoms with Crippen molar-refractivity contribution in [1.29, 1.82) is 0 Å². The fourth-order valence-corrected chi connectivity index (χ4v) is 3.76. The number of aromatic carboxylic acids is 1. The Hall–Kier alpha value is -2.85. The van der Waals surface area contributed by atoms with Gasteiger partial charge in [0.1, 0.15) is 0 Å². The molecule has 0 aromatic heterocycles. The van der Waals surface area contributed by atoms with E-state index in [0.717, 1.165) is 5.56 Å². The summed E-state index contributed by atoms with van der Waals surface area (Å²) in [5.74, 6) is -1.04. The zero-order valence-corrected chi connectivity index (χ0v) is 14.1. The average Bonchev–Trinajstić information content (AvgIpc) is 2.67. The van der Waals surface area contributed by atoms with Crippen molar-refractivity contribution in [3.63, 3.8) is 0 Å². The zero-order valence-electron chi connectivity index (χ0n) is 13.3. The number of carboxylic acid groups (broad SMARTS) is 1. The van der Waals surface area contributed by atoms with Crippen LogP contribution in [0.25, 0.3) is 0 Å². The van der Waals surface area contributed by atoms with Gasteiger partial charge in [-0.05, 0) is 17.7 Å². The minimum Gasteiger partial charge on any atom is -0.478 e. The van der Waals surface area contributed by atoms with Gasteiger partial charge in [-0.25, -0.2) is 4.79 Å². The normalized spacial score (nSPS) is 11.7. The van der Waals surface area contributed by atoms with Gasteiger partial charge in [0.25, 0.3) is 0 Å². The lowest BCUT2D eigenvalue weighted by atomic mass is 10.0. The van der Waals surface area contributed by atoms with Crippen molar-refractivity contribution in [3.8, 4) is 0 Å². The highest BCUT2D eigenvalue weighted by atomic mass is 32.2. The predicted octanol–water partition coefficient (Wildman–Crippen LogP) is 5.10. The average molecular weight is 348 g/mol. The van der Waals surface area contributed by atoms with Crippen LogP contribution in [0.5, 0.6) is 0 Å². The molecular formula is C21H16O3S. The first-order valence-electron chi connectivity index (χ1n) is 7.80. The highest BCUT2D eigenvalue weighted by Crippen LogP contribution is 2.39. The van der Waals surface area contributed by atoms with Crippen LogP contribution < -0.4 is 0 Å². The third kappa shape index (κ3) is 3.98. The van der Waals surface area contributed by atoms with Crippen molar-refractivity contribution in [3.05, 3.63) is 102 Å². The Balaban J connectivity index is 2.01. The molecule has 4 heteroatoms. The summed E-state index contributed by atoms with van der Waals surface area (Å²) in [4.78, 5) is 25.1. The minimum atomic E-state index is -0.998. The fraction of sp³-hybridized carbons (Fsp3) is 0.0476. The largest absolute Gasteiger partial charge is 0.478 e. The van der Waals surface area contributed by atoms with Gasteiger partial charge in [0.2, 0.25) is 0 Å². The molecule has 0 aliphatic rings.